The molecular formula is C10H12F2N2O. The topological polar surface area (TPSA) is 34.9 Å². The van der Waals surface area contributed by atoms with Gasteiger partial charge in [-0.05, 0) is 19.8 Å². The molecule has 0 radical (unpaired) electrons. The Kier molecular flexibility index (Phi) is 2.54. The predicted octanol–water partition coefficient (Wildman–Crippen LogP) is 2.08. The van der Waals surface area contributed by atoms with Gasteiger partial charge in [-0.25, -0.2) is 13.8 Å². The van der Waals surface area contributed by atoms with Crippen molar-refractivity contribution in [3.63, 3.8) is 0 Å². The summed E-state index contributed by atoms with van der Waals surface area (Å²) < 4.78 is 26.3. The van der Waals surface area contributed by atoms with Gasteiger partial charge >= 0.3 is 0 Å². The number of hydrogen-bond acceptors (Lipinski definition) is 2. The Morgan fingerprint density at radius 3 is 3.00 bits per heavy atom. The van der Waals surface area contributed by atoms with Crippen LogP contribution in [0.25, 0.3) is 0 Å². The van der Waals surface area contributed by atoms with Crippen molar-refractivity contribution in [1.29, 1.82) is 0 Å². The number of aromatic nitrogens is 2. The summed E-state index contributed by atoms with van der Waals surface area (Å²) >= 11 is 0. The van der Waals surface area contributed by atoms with Crippen LogP contribution in [0.15, 0.2) is 10.9 Å². The summed E-state index contributed by atoms with van der Waals surface area (Å²) in [5.74, 6) is 0.497. The molecule has 5 heteroatoms. The van der Waals surface area contributed by atoms with E-state index in [0.29, 0.717) is 12.2 Å². The number of aryl methyl sites for hydroxylation is 1. The fourth-order valence-corrected chi connectivity index (χ4v) is 2.00. The highest BCUT2D eigenvalue weighted by molar-refractivity contribution is 5.08. The van der Waals surface area contributed by atoms with Gasteiger partial charge in [0.05, 0.1) is 0 Å². The third kappa shape index (κ3) is 1.78. The average Bonchev–Trinajstić information content (AvgIpc) is 2.17. The van der Waals surface area contributed by atoms with Crippen LogP contribution in [0.4, 0.5) is 8.78 Å². The van der Waals surface area contributed by atoms with Gasteiger partial charge < -0.3 is 0 Å². The van der Waals surface area contributed by atoms with E-state index in [9.17, 15) is 13.6 Å². The van der Waals surface area contributed by atoms with E-state index >= 15 is 0 Å². The Morgan fingerprint density at radius 1 is 1.60 bits per heavy atom. The molecule has 0 aliphatic carbocycles. The van der Waals surface area contributed by atoms with Crippen molar-refractivity contribution >= 4 is 0 Å². The van der Waals surface area contributed by atoms with Crippen LogP contribution in [-0.2, 0) is 6.42 Å². The number of halogens is 2. The van der Waals surface area contributed by atoms with Crippen molar-refractivity contribution in [3.05, 3.63) is 27.9 Å². The molecule has 0 saturated carbocycles. The minimum atomic E-state index is -2.67. The van der Waals surface area contributed by atoms with Gasteiger partial charge in [0.2, 0.25) is 0 Å². The van der Waals surface area contributed by atoms with Crippen molar-refractivity contribution in [2.45, 2.75) is 38.7 Å². The number of hydrogen-bond donors (Lipinski definition) is 0. The van der Waals surface area contributed by atoms with E-state index < -0.39 is 12.1 Å². The van der Waals surface area contributed by atoms with E-state index in [1.165, 1.54) is 4.57 Å². The standard InChI is InChI=1S/C10H12F2N2O/c1-6-3-2-4-8-13-7(10(11)12)5-9(15)14(6)8/h5-6,10H,2-4H2,1H3/t6-/m1/s1. The van der Waals surface area contributed by atoms with E-state index in [-0.39, 0.29) is 11.6 Å². The largest absolute Gasteiger partial charge is 0.294 e. The zero-order valence-electron chi connectivity index (χ0n) is 8.41. The van der Waals surface area contributed by atoms with Gasteiger partial charge in [-0.15, -0.1) is 0 Å². The highest BCUT2D eigenvalue weighted by Crippen LogP contribution is 2.22. The first-order chi connectivity index (χ1) is 7.09. The fraction of sp³-hybridized carbons (Fsp3) is 0.600. The van der Waals surface area contributed by atoms with Gasteiger partial charge in [-0.3, -0.25) is 9.36 Å². The first-order valence-electron chi connectivity index (χ1n) is 5.00. The van der Waals surface area contributed by atoms with Crippen LogP contribution in [0.1, 0.15) is 43.8 Å². The van der Waals surface area contributed by atoms with Crippen LogP contribution >= 0.6 is 0 Å². The van der Waals surface area contributed by atoms with Crippen molar-refractivity contribution < 1.29 is 8.78 Å². The smallest absolute Gasteiger partial charge is 0.280 e. The minimum Gasteiger partial charge on any atom is -0.294 e. The summed E-state index contributed by atoms with van der Waals surface area (Å²) in [6, 6.07) is 1.01. The van der Waals surface area contributed by atoms with Crippen molar-refractivity contribution in [2.75, 3.05) is 0 Å². The zero-order valence-corrected chi connectivity index (χ0v) is 8.41. The Labute approximate surface area is 85.8 Å². The van der Waals surface area contributed by atoms with Gasteiger partial charge in [0.25, 0.3) is 12.0 Å². The summed E-state index contributed by atoms with van der Waals surface area (Å²) in [6.07, 6.45) is -0.246. The van der Waals surface area contributed by atoms with Crippen LogP contribution in [0.5, 0.6) is 0 Å². The van der Waals surface area contributed by atoms with Crippen LogP contribution < -0.4 is 5.56 Å². The third-order valence-electron chi connectivity index (χ3n) is 2.73. The number of rotatable bonds is 1. The molecule has 0 fully saturated rings. The molecular weight excluding hydrogens is 202 g/mol. The van der Waals surface area contributed by atoms with Gasteiger partial charge in [0.1, 0.15) is 11.5 Å². The summed E-state index contributed by atoms with van der Waals surface area (Å²) in [7, 11) is 0. The normalized spacial score (nSPS) is 20.4. The monoisotopic (exact) mass is 214 g/mol. The second-order valence-electron chi connectivity index (χ2n) is 3.85. The molecule has 0 saturated heterocycles. The van der Waals surface area contributed by atoms with Gasteiger partial charge in [0.15, 0.2) is 0 Å². The Balaban J connectivity index is 2.56. The maximum absolute atomic E-state index is 12.4. The Bertz CT molecular complexity index is 428. The molecule has 2 heterocycles. The lowest BCUT2D eigenvalue weighted by molar-refractivity contribution is 0.144. The molecule has 3 nitrogen and oxygen atoms in total. The minimum absolute atomic E-state index is 0.0699. The molecule has 0 bridgehead atoms. The molecule has 1 aromatic rings. The van der Waals surface area contributed by atoms with E-state index in [0.717, 1.165) is 18.9 Å². The highest BCUT2D eigenvalue weighted by atomic mass is 19.3. The number of alkyl halides is 2. The second kappa shape index (κ2) is 3.72. The van der Waals surface area contributed by atoms with Gasteiger partial charge in [-0.1, -0.05) is 0 Å². The lowest BCUT2D eigenvalue weighted by Crippen LogP contribution is -2.31. The summed E-state index contributed by atoms with van der Waals surface area (Å²) in [6.45, 7) is 1.91. The Hall–Kier alpha value is -1.26. The first-order valence-corrected chi connectivity index (χ1v) is 5.00. The quantitative estimate of drug-likeness (QED) is 0.717. The molecule has 1 aliphatic heterocycles. The fourth-order valence-electron chi connectivity index (χ4n) is 2.00. The van der Waals surface area contributed by atoms with Gasteiger partial charge in [0, 0.05) is 18.5 Å². The molecule has 0 N–H and O–H groups in total. The van der Waals surface area contributed by atoms with Gasteiger partial charge in [-0.2, -0.15) is 0 Å². The lowest BCUT2D eigenvalue weighted by Gasteiger charge is -2.24. The van der Waals surface area contributed by atoms with Crippen molar-refractivity contribution in [2.24, 2.45) is 0 Å². The summed E-state index contributed by atoms with van der Waals surface area (Å²) in [4.78, 5) is 15.4. The second-order valence-corrected chi connectivity index (χ2v) is 3.85. The molecule has 0 unspecified atom stereocenters. The molecule has 82 valence electrons. The summed E-state index contributed by atoms with van der Waals surface area (Å²) in [5, 5.41) is 0. The van der Waals surface area contributed by atoms with E-state index in [4.69, 9.17) is 0 Å². The van der Waals surface area contributed by atoms with Crippen LogP contribution in [0.2, 0.25) is 0 Å². The number of nitrogens with zero attached hydrogens (tertiary/aromatic N) is 2. The predicted molar refractivity (Wildman–Crippen MR) is 51.1 cm³/mol. The van der Waals surface area contributed by atoms with E-state index in [1.807, 2.05) is 6.92 Å². The molecule has 1 aromatic heterocycles. The van der Waals surface area contributed by atoms with Crippen LogP contribution in [0.3, 0.4) is 0 Å². The molecule has 1 aliphatic rings. The highest BCUT2D eigenvalue weighted by Gasteiger charge is 2.21. The molecule has 15 heavy (non-hydrogen) atoms. The molecule has 0 amide bonds. The number of fused-ring (bicyclic) bond motifs is 1. The zero-order chi connectivity index (χ0) is 11.0. The molecule has 0 spiro atoms. The summed E-state index contributed by atoms with van der Waals surface area (Å²) in [5.41, 5.74) is -0.761. The third-order valence-corrected chi connectivity index (χ3v) is 2.73. The lowest BCUT2D eigenvalue weighted by atomic mass is 10.1. The van der Waals surface area contributed by atoms with Crippen LogP contribution in [0, 0.1) is 0 Å². The first kappa shape index (κ1) is 10.3. The maximum Gasteiger partial charge on any atom is 0.280 e. The van der Waals surface area contributed by atoms with Crippen molar-refractivity contribution in [1.82, 2.24) is 9.55 Å². The average molecular weight is 214 g/mol. The van der Waals surface area contributed by atoms with Crippen LogP contribution in [-0.4, -0.2) is 9.55 Å². The SMILES string of the molecule is C[C@@H]1CCCc2nc(C(F)F)cc(=O)n21. The van der Waals surface area contributed by atoms with E-state index in [2.05, 4.69) is 4.98 Å². The van der Waals surface area contributed by atoms with Crippen molar-refractivity contribution in [3.8, 4) is 0 Å². The molecule has 0 aromatic carbocycles. The maximum atomic E-state index is 12.4. The molecule has 2 rings (SSSR count). The molecule has 1 atom stereocenters. The Morgan fingerprint density at radius 2 is 2.33 bits per heavy atom. The van der Waals surface area contributed by atoms with E-state index in [1.54, 1.807) is 0 Å².